The standard InChI is InChI=1S/C20H25N5O3/c1-3-28-20(27)25-11-9-24(10-12-25)19(26)17-13-18(22-14-21-17)23-15(2)16-7-5-4-6-8-16/h4-8,13-15H,3,9-12H2,1-2H3,(H,21,22,23). The second-order valence-electron chi connectivity index (χ2n) is 6.54. The van der Waals surface area contributed by atoms with Crippen molar-refractivity contribution in [2.75, 3.05) is 38.1 Å². The van der Waals surface area contributed by atoms with Crippen molar-refractivity contribution in [2.24, 2.45) is 0 Å². The first-order chi connectivity index (χ1) is 13.6. The summed E-state index contributed by atoms with van der Waals surface area (Å²) in [4.78, 5) is 36.2. The second-order valence-corrected chi connectivity index (χ2v) is 6.54. The van der Waals surface area contributed by atoms with Gasteiger partial charge >= 0.3 is 6.09 Å². The average molecular weight is 383 g/mol. The predicted molar refractivity (Wildman–Crippen MR) is 105 cm³/mol. The summed E-state index contributed by atoms with van der Waals surface area (Å²) in [6.07, 6.45) is 1.06. The van der Waals surface area contributed by atoms with Crippen LogP contribution in [0.3, 0.4) is 0 Å². The van der Waals surface area contributed by atoms with Crippen molar-refractivity contribution in [2.45, 2.75) is 19.9 Å². The second kappa shape index (κ2) is 9.16. The Bertz CT molecular complexity index is 806. The van der Waals surface area contributed by atoms with Crippen LogP contribution >= 0.6 is 0 Å². The summed E-state index contributed by atoms with van der Waals surface area (Å²) < 4.78 is 5.01. The zero-order valence-electron chi connectivity index (χ0n) is 16.2. The predicted octanol–water partition coefficient (Wildman–Crippen LogP) is 2.56. The summed E-state index contributed by atoms with van der Waals surface area (Å²) in [6, 6.07) is 11.7. The van der Waals surface area contributed by atoms with E-state index in [1.165, 1.54) is 6.33 Å². The molecule has 0 aliphatic carbocycles. The van der Waals surface area contributed by atoms with Crippen molar-refractivity contribution < 1.29 is 14.3 Å². The molecule has 148 valence electrons. The van der Waals surface area contributed by atoms with Crippen molar-refractivity contribution in [3.63, 3.8) is 0 Å². The van der Waals surface area contributed by atoms with Crippen LogP contribution in [0.4, 0.5) is 10.6 Å². The molecule has 2 heterocycles. The fraction of sp³-hybridized carbons (Fsp3) is 0.400. The number of aromatic nitrogens is 2. The van der Waals surface area contributed by atoms with Gasteiger partial charge in [-0.15, -0.1) is 0 Å². The van der Waals surface area contributed by atoms with Crippen LogP contribution in [0.2, 0.25) is 0 Å². The van der Waals surface area contributed by atoms with Crippen molar-refractivity contribution in [1.82, 2.24) is 19.8 Å². The molecule has 0 bridgehead atoms. The molecule has 2 amide bonds. The molecule has 1 saturated heterocycles. The quantitative estimate of drug-likeness (QED) is 0.854. The normalized spacial score (nSPS) is 15.1. The van der Waals surface area contributed by atoms with Gasteiger partial charge in [0.15, 0.2) is 0 Å². The van der Waals surface area contributed by atoms with Crippen molar-refractivity contribution in [3.8, 4) is 0 Å². The van der Waals surface area contributed by atoms with E-state index < -0.39 is 0 Å². The van der Waals surface area contributed by atoms with E-state index in [2.05, 4.69) is 15.3 Å². The molecule has 1 aliphatic heterocycles. The van der Waals surface area contributed by atoms with Crippen LogP contribution < -0.4 is 5.32 Å². The Morgan fingerprint density at radius 2 is 1.79 bits per heavy atom. The van der Waals surface area contributed by atoms with E-state index in [1.54, 1.807) is 22.8 Å². The molecule has 1 aromatic heterocycles. The molecule has 28 heavy (non-hydrogen) atoms. The number of piperazine rings is 1. The zero-order chi connectivity index (χ0) is 19.9. The smallest absolute Gasteiger partial charge is 0.409 e. The topological polar surface area (TPSA) is 87.7 Å². The molecular weight excluding hydrogens is 358 g/mol. The Kier molecular flexibility index (Phi) is 6.41. The minimum absolute atomic E-state index is 0.0483. The van der Waals surface area contributed by atoms with Gasteiger partial charge in [-0.25, -0.2) is 14.8 Å². The molecule has 1 N–H and O–H groups in total. The summed E-state index contributed by atoms with van der Waals surface area (Å²) in [5, 5.41) is 3.30. The van der Waals surface area contributed by atoms with E-state index in [-0.39, 0.29) is 18.0 Å². The first-order valence-corrected chi connectivity index (χ1v) is 9.43. The molecule has 3 rings (SSSR count). The molecule has 1 aliphatic rings. The Balaban J connectivity index is 1.61. The van der Waals surface area contributed by atoms with E-state index >= 15 is 0 Å². The molecule has 8 nitrogen and oxygen atoms in total. The number of hydrogen-bond donors (Lipinski definition) is 1. The maximum Gasteiger partial charge on any atom is 0.409 e. The highest BCUT2D eigenvalue weighted by atomic mass is 16.6. The van der Waals surface area contributed by atoms with E-state index in [4.69, 9.17) is 4.74 Å². The molecule has 1 unspecified atom stereocenters. The first kappa shape index (κ1) is 19.6. The van der Waals surface area contributed by atoms with Gasteiger partial charge in [0, 0.05) is 38.3 Å². The lowest BCUT2D eigenvalue weighted by molar-refractivity contribution is 0.0566. The van der Waals surface area contributed by atoms with Crippen LogP contribution in [0.5, 0.6) is 0 Å². The minimum Gasteiger partial charge on any atom is -0.450 e. The van der Waals surface area contributed by atoms with Crippen molar-refractivity contribution in [1.29, 1.82) is 0 Å². The van der Waals surface area contributed by atoms with Crippen LogP contribution in [0.25, 0.3) is 0 Å². The van der Waals surface area contributed by atoms with Crippen LogP contribution in [-0.2, 0) is 4.74 Å². The number of ether oxygens (including phenoxy) is 1. The Hall–Kier alpha value is -3.16. The number of hydrogen-bond acceptors (Lipinski definition) is 6. The van der Waals surface area contributed by atoms with Gasteiger partial charge in [0.05, 0.1) is 6.61 Å². The van der Waals surface area contributed by atoms with E-state index in [0.717, 1.165) is 5.56 Å². The zero-order valence-corrected chi connectivity index (χ0v) is 16.2. The monoisotopic (exact) mass is 383 g/mol. The minimum atomic E-state index is -0.335. The van der Waals surface area contributed by atoms with Gasteiger partial charge in [-0.05, 0) is 19.4 Å². The van der Waals surface area contributed by atoms with Gasteiger partial charge < -0.3 is 19.9 Å². The number of carbonyl (C=O) groups excluding carboxylic acids is 2. The van der Waals surface area contributed by atoms with Gasteiger partial charge in [-0.2, -0.15) is 0 Å². The molecule has 0 saturated carbocycles. The summed E-state index contributed by atoms with van der Waals surface area (Å²) in [5.74, 6) is 0.432. The lowest BCUT2D eigenvalue weighted by atomic mass is 10.1. The fourth-order valence-corrected chi connectivity index (χ4v) is 3.07. The summed E-state index contributed by atoms with van der Waals surface area (Å²) >= 11 is 0. The van der Waals surface area contributed by atoms with E-state index in [9.17, 15) is 9.59 Å². The van der Waals surface area contributed by atoms with E-state index in [1.807, 2.05) is 37.3 Å². The molecule has 1 atom stereocenters. The number of amides is 2. The largest absolute Gasteiger partial charge is 0.450 e. The maximum absolute atomic E-state index is 12.8. The summed E-state index contributed by atoms with van der Waals surface area (Å²) in [7, 11) is 0. The van der Waals surface area contributed by atoms with Gasteiger partial charge in [-0.1, -0.05) is 30.3 Å². The van der Waals surface area contributed by atoms with Gasteiger partial charge in [0.2, 0.25) is 0 Å². The molecular formula is C20H25N5O3. The third-order valence-corrected chi connectivity index (χ3v) is 4.64. The third kappa shape index (κ3) is 4.76. The molecule has 2 aromatic rings. The average Bonchev–Trinajstić information content (AvgIpc) is 2.74. The van der Waals surface area contributed by atoms with Crippen molar-refractivity contribution in [3.05, 3.63) is 54.0 Å². The van der Waals surface area contributed by atoms with Gasteiger partial charge in [0.1, 0.15) is 17.8 Å². The van der Waals surface area contributed by atoms with Crippen LogP contribution in [0.15, 0.2) is 42.7 Å². The van der Waals surface area contributed by atoms with Crippen molar-refractivity contribution >= 4 is 17.8 Å². The number of nitrogens with zero attached hydrogens (tertiary/aromatic N) is 4. The molecule has 0 spiro atoms. The highest BCUT2D eigenvalue weighted by Crippen LogP contribution is 2.18. The highest BCUT2D eigenvalue weighted by Gasteiger charge is 2.26. The van der Waals surface area contributed by atoms with Crippen LogP contribution in [0, 0.1) is 0 Å². The summed E-state index contributed by atoms with van der Waals surface area (Å²) in [6.45, 7) is 5.95. The lowest BCUT2D eigenvalue weighted by Gasteiger charge is -2.33. The van der Waals surface area contributed by atoms with Crippen LogP contribution in [-0.4, -0.2) is 64.6 Å². The Morgan fingerprint density at radius 3 is 2.46 bits per heavy atom. The number of carbonyl (C=O) groups is 2. The first-order valence-electron chi connectivity index (χ1n) is 9.43. The lowest BCUT2D eigenvalue weighted by Crippen LogP contribution is -2.50. The molecule has 8 heteroatoms. The fourth-order valence-electron chi connectivity index (χ4n) is 3.07. The Labute approximate surface area is 164 Å². The van der Waals surface area contributed by atoms with Crippen LogP contribution in [0.1, 0.15) is 35.9 Å². The molecule has 1 fully saturated rings. The summed E-state index contributed by atoms with van der Waals surface area (Å²) in [5.41, 5.74) is 1.46. The van der Waals surface area contributed by atoms with E-state index in [0.29, 0.717) is 44.3 Å². The number of nitrogens with one attached hydrogen (secondary N) is 1. The molecule has 1 aromatic carbocycles. The Morgan fingerprint density at radius 1 is 1.11 bits per heavy atom. The number of anilines is 1. The van der Waals surface area contributed by atoms with Gasteiger partial charge in [0.25, 0.3) is 5.91 Å². The maximum atomic E-state index is 12.8. The highest BCUT2D eigenvalue weighted by molar-refractivity contribution is 5.93. The molecule has 0 radical (unpaired) electrons. The number of benzene rings is 1. The van der Waals surface area contributed by atoms with Gasteiger partial charge in [-0.3, -0.25) is 4.79 Å². The number of rotatable bonds is 5. The third-order valence-electron chi connectivity index (χ3n) is 4.64. The SMILES string of the molecule is CCOC(=O)N1CCN(C(=O)c2cc(NC(C)c3ccccc3)ncn2)CC1.